The number of aliphatic hydroxyl groups is 1. The highest BCUT2D eigenvalue weighted by atomic mass is 19.1. The number of para-hydroxylation sites is 1. The second-order valence-corrected chi connectivity index (χ2v) is 3.01. The molecule has 0 bridgehead atoms. The summed E-state index contributed by atoms with van der Waals surface area (Å²) in [7, 11) is 0. The molecular weight excluding hydrogens is 171 g/mol. The van der Waals surface area contributed by atoms with Crippen LogP contribution in [0, 0.1) is 5.82 Å². The third kappa shape index (κ3) is 1.96. The van der Waals surface area contributed by atoms with E-state index in [2.05, 4.69) is 0 Å². The summed E-state index contributed by atoms with van der Waals surface area (Å²) in [5.74, 6) is -0.506. The van der Waals surface area contributed by atoms with Gasteiger partial charge in [0, 0.05) is 0 Å². The Labute approximate surface area is 76.2 Å². The van der Waals surface area contributed by atoms with Crippen molar-refractivity contribution >= 4 is 5.69 Å². The number of halogens is 1. The molecule has 4 heteroatoms. The Kier molecular flexibility index (Phi) is 2.85. The summed E-state index contributed by atoms with van der Waals surface area (Å²) in [6.45, 7) is 1.54. The van der Waals surface area contributed by atoms with Gasteiger partial charge in [0.05, 0.1) is 17.8 Å². The number of nitrogen functional groups attached to an aromatic ring is 1. The first-order valence-electron chi connectivity index (χ1n) is 4.01. The van der Waals surface area contributed by atoms with Crippen molar-refractivity contribution in [2.24, 2.45) is 5.73 Å². The van der Waals surface area contributed by atoms with Gasteiger partial charge in [-0.2, -0.15) is 0 Å². The van der Waals surface area contributed by atoms with Crippen LogP contribution in [-0.4, -0.2) is 11.2 Å². The highest BCUT2D eigenvalue weighted by Gasteiger charge is 2.16. The third-order valence-corrected chi connectivity index (χ3v) is 1.97. The number of hydrogen-bond donors (Lipinski definition) is 3. The van der Waals surface area contributed by atoms with E-state index < -0.39 is 18.0 Å². The molecule has 1 aromatic carbocycles. The first kappa shape index (κ1) is 9.95. The Morgan fingerprint density at radius 1 is 1.46 bits per heavy atom. The van der Waals surface area contributed by atoms with E-state index in [1.54, 1.807) is 6.07 Å². The fourth-order valence-corrected chi connectivity index (χ4v) is 1.10. The molecule has 0 spiro atoms. The van der Waals surface area contributed by atoms with Gasteiger partial charge in [-0.3, -0.25) is 0 Å². The average Bonchev–Trinajstić information content (AvgIpc) is 2.08. The van der Waals surface area contributed by atoms with Gasteiger partial charge in [0.2, 0.25) is 0 Å². The molecule has 0 aliphatic rings. The summed E-state index contributed by atoms with van der Waals surface area (Å²) in [4.78, 5) is 0. The maximum absolute atomic E-state index is 12.9. The second kappa shape index (κ2) is 3.72. The molecule has 1 aromatic rings. The summed E-state index contributed by atoms with van der Waals surface area (Å²) >= 11 is 0. The van der Waals surface area contributed by atoms with Crippen molar-refractivity contribution in [1.29, 1.82) is 0 Å². The number of rotatable bonds is 2. The number of aliphatic hydroxyl groups excluding tert-OH is 1. The molecule has 0 fully saturated rings. The third-order valence-electron chi connectivity index (χ3n) is 1.97. The fourth-order valence-electron chi connectivity index (χ4n) is 1.10. The van der Waals surface area contributed by atoms with Crippen LogP contribution in [0.5, 0.6) is 0 Å². The number of nitrogens with two attached hydrogens (primary N) is 2. The molecule has 0 unspecified atom stereocenters. The molecular formula is C9H13FN2O. The highest BCUT2D eigenvalue weighted by molar-refractivity contribution is 5.49. The largest absolute Gasteiger partial charge is 0.396 e. The molecule has 0 saturated heterocycles. The van der Waals surface area contributed by atoms with Crippen LogP contribution in [0.2, 0.25) is 0 Å². The van der Waals surface area contributed by atoms with Gasteiger partial charge in [-0.15, -0.1) is 0 Å². The Balaban J connectivity index is 3.07. The first-order chi connectivity index (χ1) is 6.04. The predicted octanol–water partition coefficient (Wildman–Crippen LogP) is 0.789. The smallest absolute Gasteiger partial charge is 0.146 e. The monoisotopic (exact) mass is 184 g/mol. The van der Waals surface area contributed by atoms with Crippen LogP contribution in [-0.2, 0) is 0 Å². The van der Waals surface area contributed by atoms with Crippen LogP contribution in [0.1, 0.15) is 18.5 Å². The number of hydrogen-bond acceptors (Lipinski definition) is 3. The maximum Gasteiger partial charge on any atom is 0.146 e. The van der Waals surface area contributed by atoms with Crippen molar-refractivity contribution in [3.8, 4) is 0 Å². The minimum atomic E-state index is -0.746. The zero-order valence-electron chi connectivity index (χ0n) is 7.37. The average molecular weight is 184 g/mol. The fraction of sp³-hybridized carbons (Fsp3) is 0.333. The van der Waals surface area contributed by atoms with Crippen molar-refractivity contribution in [2.75, 3.05) is 5.73 Å². The van der Waals surface area contributed by atoms with Gasteiger partial charge in [-0.1, -0.05) is 12.1 Å². The summed E-state index contributed by atoms with van der Waals surface area (Å²) in [6.07, 6.45) is -0.746. The van der Waals surface area contributed by atoms with Crippen LogP contribution in [0.4, 0.5) is 10.1 Å². The van der Waals surface area contributed by atoms with Gasteiger partial charge in [-0.25, -0.2) is 4.39 Å². The number of anilines is 1. The van der Waals surface area contributed by atoms with Gasteiger partial charge in [-0.05, 0) is 18.6 Å². The van der Waals surface area contributed by atoms with E-state index in [4.69, 9.17) is 11.5 Å². The van der Waals surface area contributed by atoms with Gasteiger partial charge in [0.15, 0.2) is 0 Å². The first-order valence-corrected chi connectivity index (χ1v) is 4.01. The molecule has 0 aliphatic carbocycles. The second-order valence-electron chi connectivity index (χ2n) is 3.01. The molecule has 5 N–H and O–H groups in total. The topological polar surface area (TPSA) is 72.3 Å². The van der Waals surface area contributed by atoms with Crippen molar-refractivity contribution in [3.63, 3.8) is 0 Å². The highest BCUT2D eigenvalue weighted by Crippen LogP contribution is 2.23. The SMILES string of the molecule is C[C@H](O)[C@H](N)c1cccc(F)c1N. The number of benzene rings is 1. The lowest BCUT2D eigenvalue weighted by Gasteiger charge is -2.17. The van der Waals surface area contributed by atoms with Gasteiger partial charge in [0.25, 0.3) is 0 Å². The lowest BCUT2D eigenvalue weighted by Crippen LogP contribution is -2.24. The quantitative estimate of drug-likeness (QED) is 0.595. The molecule has 2 atom stereocenters. The van der Waals surface area contributed by atoms with E-state index in [1.165, 1.54) is 19.1 Å². The molecule has 3 nitrogen and oxygen atoms in total. The van der Waals surface area contributed by atoms with Crippen molar-refractivity contribution in [2.45, 2.75) is 19.1 Å². The minimum Gasteiger partial charge on any atom is -0.396 e. The molecule has 0 heterocycles. The van der Waals surface area contributed by atoms with E-state index in [9.17, 15) is 9.50 Å². The molecule has 72 valence electrons. The Morgan fingerprint density at radius 2 is 2.08 bits per heavy atom. The Bertz CT molecular complexity index is 302. The van der Waals surface area contributed by atoms with Crippen LogP contribution in [0.25, 0.3) is 0 Å². The molecule has 0 aromatic heterocycles. The van der Waals surface area contributed by atoms with Crippen LogP contribution in [0.3, 0.4) is 0 Å². The molecule has 0 aliphatic heterocycles. The summed E-state index contributed by atoms with van der Waals surface area (Å²) in [5.41, 5.74) is 11.5. The Hall–Kier alpha value is -1.13. The summed E-state index contributed by atoms with van der Waals surface area (Å²) in [6, 6.07) is 3.74. The molecule has 0 saturated carbocycles. The van der Waals surface area contributed by atoms with Gasteiger partial charge < -0.3 is 16.6 Å². The van der Waals surface area contributed by atoms with Crippen molar-refractivity contribution in [3.05, 3.63) is 29.6 Å². The van der Waals surface area contributed by atoms with Crippen LogP contribution < -0.4 is 11.5 Å². The molecule has 0 radical (unpaired) electrons. The van der Waals surface area contributed by atoms with Crippen LogP contribution >= 0.6 is 0 Å². The van der Waals surface area contributed by atoms with E-state index in [0.717, 1.165) is 0 Å². The van der Waals surface area contributed by atoms with E-state index >= 15 is 0 Å². The lowest BCUT2D eigenvalue weighted by molar-refractivity contribution is 0.164. The summed E-state index contributed by atoms with van der Waals surface area (Å²) < 4.78 is 12.9. The van der Waals surface area contributed by atoms with Gasteiger partial charge >= 0.3 is 0 Å². The van der Waals surface area contributed by atoms with Crippen molar-refractivity contribution < 1.29 is 9.50 Å². The predicted molar refractivity (Wildman–Crippen MR) is 49.4 cm³/mol. The lowest BCUT2D eigenvalue weighted by atomic mass is 10.0. The standard InChI is InChI=1S/C9H13FN2O/c1-5(13)8(11)6-3-2-4-7(10)9(6)12/h2-5,8,13H,11-12H2,1H3/t5-,8-/m0/s1. The zero-order valence-corrected chi connectivity index (χ0v) is 7.37. The van der Waals surface area contributed by atoms with Crippen LogP contribution in [0.15, 0.2) is 18.2 Å². The minimum absolute atomic E-state index is 0.0101. The summed E-state index contributed by atoms with van der Waals surface area (Å²) in [5, 5.41) is 9.19. The molecule has 1 rings (SSSR count). The molecule has 0 amide bonds. The van der Waals surface area contributed by atoms with E-state index in [0.29, 0.717) is 5.56 Å². The Morgan fingerprint density at radius 3 is 2.62 bits per heavy atom. The molecule has 13 heavy (non-hydrogen) atoms. The van der Waals surface area contributed by atoms with E-state index in [-0.39, 0.29) is 5.69 Å². The van der Waals surface area contributed by atoms with E-state index in [1.807, 2.05) is 0 Å². The van der Waals surface area contributed by atoms with Crippen molar-refractivity contribution in [1.82, 2.24) is 0 Å². The van der Waals surface area contributed by atoms with Gasteiger partial charge in [0.1, 0.15) is 5.82 Å². The normalized spacial score (nSPS) is 15.4. The maximum atomic E-state index is 12.9. The zero-order chi connectivity index (χ0) is 10.0.